The highest BCUT2D eigenvalue weighted by atomic mass is 13.9. The van der Waals surface area contributed by atoms with Crippen molar-refractivity contribution in [1.82, 2.24) is 0 Å². The molecule has 0 aliphatic heterocycles. The van der Waals surface area contributed by atoms with Crippen molar-refractivity contribution >= 4 is 0 Å². The average Bonchev–Trinajstić information content (AvgIpc) is 2.51. The van der Waals surface area contributed by atoms with Crippen LogP contribution in [0.15, 0.2) is 0 Å². The summed E-state index contributed by atoms with van der Waals surface area (Å²) in [6.07, 6.45) is -35.3. The molecule has 0 spiro atoms. The highest BCUT2D eigenvalue weighted by Crippen LogP contribution is 2.07. The van der Waals surface area contributed by atoms with Crippen molar-refractivity contribution in [1.29, 1.82) is 0 Å². The van der Waals surface area contributed by atoms with Crippen LogP contribution in [0, 0.1) is 0 Å². The summed E-state index contributed by atoms with van der Waals surface area (Å²) in [6, 6.07) is 0. The Bertz CT molecular complexity index is 626. The second kappa shape index (κ2) is 9.00. The summed E-state index contributed by atoms with van der Waals surface area (Å²) in [5.41, 5.74) is 0. The highest BCUT2D eigenvalue weighted by molar-refractivity contribution is 4.43. The largest absolute Gasteiger partial charge is 0.0654 e. The van der Waals surface area contributed by atoms with Crippen LogP contribution in [-0.2, 0) is 0 Å². The van der Waals surface area contributed by atoms with Crippen molar-refractivity contribution in [3.05, 3.63) is 0 Å². The molecule has 0 rings (SSSR count). The molecule has 0 radical (unpaired) electrons. The zero-order chi connectivity index (χ0) is 27.0. The normalized spacial score (nSPS) is 56.8. The Morgan fingerprint density at radius 1 is 0.800 bits per heavy atom. The molecule has 0 aromatic rings. The van der Waals surface area contributed by atoms with Crippen molar-refractivity contribution in [3.8, 4) is 0 Å². The van der Waals surface area contributed by atoms with E-state index in [1.165, 1.54) is 0 Å². The van der Waals surface area contributed by atoms with Crippen molar-refractivity contribution in [2.75, 3.05) is 0 Å². The summed E-state index contributed by atoms with van der Waals surface area (Å²) in [7, 11) is 0. The van der Waals surface area contributed by atoms with Crippen LogP contribution >= 0.6 is 0 Å². The van der Waals surface area contributed by atoms with Gasteiger partial charge in [0.25, 0.3) is 0 Å². The van der Waals surface area contributed by atoms with Crippen LogP contribution in [0.25, 0.3) is 0 Å². The van der Waals surface area contributed by atoms with Gasteiger partial charge in [-0.1, -0.05) is 64.7 Å². The lowest BCUT2D eigenvalue weighted by Crippen LogP contribution is -1.77. The smallest absolute Gasteiger partial charge is 0.0267 e. The van der Waals surface area contributed by atoms with Crippen LogP contribution in [0.3, 0.4) is 0 Å². The molecule has 0 N–H and O–H groups in total. The number of rotatable bonds is 7. The first kappa shape index (κ1) is 0.843. The van der Waals surface area contributed by atoms with E-state index in [0.717, 1.165) is 0 Å². The van der Waals surface area contributed by atoms with Crippen molar-refractivity contribution in [3.63, 3.8) is 0 Å². The molecule has 0 heteroatoms. The van der Waals surface area contributed by atoms with E-state index >= 15 is 0 Å². The maximum Gasteiger partial charge on any atom is 0.0267 e. The molecule has 0 aliphatic carbocycles. The van der Waals surface area contributed by atoms with E-state index in [4.69, 9.17) is 30.2 Å². The van der Waals surface area contributed by atoms with Gasteiger partial charge in [-0.15, -0.1) is 0 Å². The molecule has 0 atom stereocenters. The van der Waals surface area contributed by atoms with Gasteiger partial charge >= 0.3 is 0 Å². The van der Waals surface area contributed by atoms with Gasteiger partial charge in [-0.25, -0.2) is 0 Å². The topological polar surface area (TPSA) is 0 Å². The first-order chi connectivity index (χ1) is 13.2. The number of hydrogen-bond donors (Lipinski definition) is 0. The van der Waals surface area contributed by atoms with Gasteiger partial charge in [0.1, 0.15) is 0 Å². The van der Waals surface area contributed by atoms with Crippen molar-refractivity contribution < 1.29 is 30.2 Å². The predicted molar refractivity (Wildman–Crippen MR) is 48.3 cm³/mol. The molecule has 0 amide bonds. The quantitative estimate of drug-likeness (QED) is 0.530. The van der Waals surface area contributed by atoms with E-state index in [1.54, 1.807) is 0 Å². The lowest BCUT2D eigenvalue weighted by atomic mass is 10.1. The number of hydrogen-bond acceptors (Lipinski definition) is 0. The third-order valence-electron chi connectivity index (χ3n) is 0.438. The van der Waals surface area contributed by atoms with Gasteiger partial charge in [-0.3, -0.25) is 0 Å². The molecule has 0 heterocycles. The van der Waals surface area contributed by atoms with Gasteiger partial charge in [0, 0.05) is 30.2 Å². The minimum absolute atomic E-state index is 3.90. The minimum Gasteiger partial charge on any atom is -0.0654 e. The lowest BCUT2D eigenvalue weighted by Gasteiger charge is -1.97. The second-order valence-electron chi connectivity index (χ2n) is 1.00. The third-order valence-corrected chi connectivity index (χ3v) is 0.438. The van der Waals surface area contributed by atoms with Gasteiger partial charge in [-0.2, -0.15) is 0 Å². The summed E-state index contributed by atoms with van der Waals surface area (Å²) in [4.78, 5) is 0. The molecular weight excluding hydrogens is 120 g/mol. The minimum atomic E-state index is -4.58. The van der Waals surface area contributed by atoms with Gasteiger partial charge in [0.2, 0.25) is 0 Å². The average molecular weight is 164 g/mol. The molecule has 0 bridgehead atoms. The molecule has 0 aromatic heterocycles. The molecule has 0 saturated carbocycles. The SMILES string of the molecule is [2H]C([2H])([2H])C([2H])([2H])C([2H])([2H])C([2H])([2H])C([2H])([2H])C([2H])([2H])C([2H])([2H])C([2H])([2H])C([2H])([2H])C([2H])([2H])[2H]. The molecule has 10 heavy (non-hydrogen) atoms. The van der Waals surface area contributed by atoms with Crippen LogP contribution in [0.5, 0.6) is 0 Å². The maximum absolute atomic E-state index is 7.82. The summed E-state index contributed by atoms with van der Waals surface area (Å²) < 4.78 is 166. The van der Waals surface area contributed by atoms with Crippen molar-refractivity contribution in [2.45, 2.75) is 64.7 Å². The van der Waals surface area contributed by atoms with Crippen LogP contribution in [-0.4, -0.2) is 0 Å². The molecule has 0 nitrogen and oxygen atoms in total. The Morgan fingerprint density at radius 3 is 1.60 bits per heavy atom. The Hall–Kier alpha value is 0. The first-order valence-electron chi connectivity index (χ1n) is 13.2. The first-order valence-corrected chi connectivity index (χ1v) is 2.25. The monoisotopic (exact) mass is 164 g/mol. The van der Waals surface area contributed by atoms with E-state index in [9.17, 15) is 0 Å². The van der Waals surface area contributed by atoms with E-state index in [2.05, 4.69) is 0 Å². The standard InChI is InChI=1S/C10H22/c1-3-5-7-9-10-8-6-4-2/h3-10H2,1-2H3/i1D3,2D3,3D2,4D2,5D2,6D2,7D2,8D2,9D2,10D2. The molecular formula is C10H22. The van der Waals surface area contributed by atoms with E-state index in [1.807, 2.05) is 0 Å². The fourth-order valence-electron chi connectivity index (χ4n) is 0.188. The van der Waals surface area contributed by atoms with E-state index in [0.29, 0.717) is 0 Å². The van der Waals surface area contributed by atoms with Gasteiger partial charge in [0.05, 0.1) is 0 Å². The maximum atomic E-state index is 7.82. The van der Waals surface area contributed by atoms with E-state index < -0.39 is 64.7 Å². The van der Waals surface area contributed by atoms with Crippen LogP contribution in [0.2, 0.25) is 0 Å². The van der Waals surface area contributed by atoms with Gasteiger partial charge in [0.15, 0.2) is 0 Å². The molecule has 0 saturated heterocycles. The Labute approximate surface area is 96.9 Å². The van der Waals surface area contributed by atoms with Crippen molar-refractivity contribution in [2.24, 2.45) is 0 Å². The fourth-order valence-corrected chi connectivity index (χ4v) is 0.188. The highest BCUT2D eigenvalue weighted by Gasteiger charge is 1.87. The molecule has 0 aliphatic rings. The summed E-state index contributed by atoms with van der Waals surface area (Å²) >= 11 is 0. The molecule has 0 aromatic carbocycles. The van der Waals surface area contributed by atoms with Gasteiger partial charge < -0.3 is 0 Å². The lowest BCUT2D eigenvalue weighted by molar-refractivity contribution is 0.585. The molecule has 62 valence electrons. The fraction of sp³-hybridized carbons (Fsp3) is 1.00. The third kappa shape index (κ3) is 8.00. The Kier molecular flexibility index (Phi) is 0.759. The van der Waals surface area contributed by atoms with Crippen LogP contribution in [0.4, 0.5) is 0 Å². The summed E-state index contributed by atoms with van der Waals surface area (Å²) in [6.45, 7) is -7.81. The zero-order valence-corrected chi connectivity index (χ0v) is 5.00. The second-order valence-corrected chi connectivity index (χ2v) is 1.00. The molecule has 0 unspecified atom stereocenters. The Morgan fingerprint density at radius 2 is 1.20 bits per heavy atom. The Balaban J connectivity index is 7.00. The summed E-state index contributed by atoms with van der Waals surface area (Å²) in [5.74, 6) is 0. The predicted octanol–water partition coefficient (Wildman–Crippen LogP) is 4.15. The van der Waals surface area contributed by atoms with Crippen LogP contribution in [0.1, 0.15) is 94.8 Å². The van der Waals surface area contributed by atoms with Crippen LogP contribution < -0.4 is 0 Å². The zero-order valence-electron chi connectivity index (χ0n) is 27.0. The van der Waals surface area contributed by atoms with Gasteiger partial charge in [-0.05, 0) is 0 Å². The van der Waals surface area contributed by atoms with E-state index in [-0.39, 0.29) is 0 Å². The summed E-state index contributed by atoms with van der Waals surface area (Å²) in [5, 5.41) is 0. The molecule has 0 fully saturated rings.